The molecule has 2 aliphatic heterocycles. The maximum atomic E-state index is 6.72. The summed E-state index contributed by atoms with van der Waals surface area (Å²) in [4.78, 5) is 2.53. The third-order valence-corrected chi connectivity index (χ3v) is 7.62. The van der Waals surface area contributed by atoms with Gasteiger partial charge in [0.15, 0.2) is 11.5 Å². The Labute approximate surface area is 184 Å². The van der Waals surface area contributed by atoms with Crippen molar-refractivity contribution in [1.82, 2.24) is 4.90 Å². The molecule has 4 aliphatic rings. The van der Waals surface area contributed by atoms with Crippen molar-refractivity contribution in [2.75, 3.05) is 20.7 Å². The van der Waals surface area contributed by atoms with Crippen LogP contribution in [0.2, 0.25) is 0 Å². The summed E-state index contributed by atoms with van der Waals surface area (Å²) in [6, 6.07) is 15.2. The lowest BCUT2D eigenvalue weighted by Gasteiger charge is -2.56. The lowest BCUT2D eigenvalue weighted by atomic mass is 9.53. The second-order valence-corrected chi connectivity index (χ2v) is 8.89. The number of hydrogen-bond donors (Lipinski definition) is 0. The van der Waals surface area contributed by atoms with E-state index in [9.17, 15) is 0 Å². The molecule has 2 aromatic rings. The van der Waals surface area contributed by atoms with Gasteiger partial charge in [-0.05, 0) is 43.6 Å². The summed E-state index contributed by atoms with van der Waals surface area (Å²) in [5.41, 5.74) is 3.99. The molecular formula is C25H28ClNO3. The van der Waals surface area contributed by atoms with E-state index < -0.39 is 0 Å². The molecule has 158 valence electrons. The number of halogens is 1. The second kappa shape index (κ2) is 7.30. The van der Waals surface area contributed by atoms with Crippen molar-refractivity contribution < 1.29 is 14.2 Å². The molecule has 1 fully saturated rings. The molecule has 5 atom stereocenters. The van der Waals surface area contributed by atoms with Crippen LogP contribution in [0, 0.1) is 5.92 Å². The molecule has 2 aromatic carbocycles. The molecule has 30 heavy (non-hydrogen) atoms. The molecule has 2 aliphatic carbocycles. The van der Waals surface area contributed by atoms with E-state index >= 15 is 0 Å². The molecule has 0 N–H and O–H groups in total. The average Bonchev–Trinajstić information content (AvgIpc) is 3.11. The molecule has 2 heterocycles. The molecule has 6 rings (SSSR count). The monoisotopic (exact) mass is 425 g/mol. The Bertz CT molecular complexity index is 978. The van der Waals surface area contributed by atoms with E-state index in [-0.39, 0.29) is 30.0 Å². The lowest BCUT2D eigenvalue weighted by molar-refractivity contribution is -0.0582. The lowest BCUT2D eigenvalue weighted by Crippen LogP contribution is -2.65. The minimum Gasteiger partial charge on any atom is -0.485 e. The maximum Gasteiger partial charge on any atom is 0.166 e. The van der Waals surface area contributed by atoms with Crippen LogP contribution in [0.1, 0.15) is 23.1 Å². The number of methoxy groups -OCH3 is 1. The van der Waals surface area contributed by atoms with Gasteiger partial charge in [-0.15, -0.1) is 12.4 Å². The fourth-order valence-electron chi connectivity index (χ4n) is 6.26. The van der Waals surface area contributed by atoms with Gasteiger partial charge in [-0.1, -0.05) is 48.6 Å². The Morgan fingerprint density at radius 3 is 2.77 bits per heavy atom. The Kier molecular flexibility index (Phi) is 4.85. The van der Waals surface area contributed by atoms with E-state index in [4.69, 9.17) is 14.2 Å². The van der Waals surface area contributed by atoms with Gasteiger partial charge in [-0.2, -0.15) is 0 Å². The van der Waals surface area contributed by atoms with Gasteiger partial charge < -0.3 is 19.1 Å². The Balaban J connectivity index is 0.00000193. The highest BCUT2D eigenvalue weighted by Gasteiger charge is 2.64. The van der Waals surface area contributed by atoms with Gasteiger partial charge in [0, 0.05) is 30.0 Å². The smallest absolute Gasteiger partial charge is 0.166 e. The summed E-state index contributed by atoms with van der Waals surface area (Å²) in [5.74, 6) is 2.29. The van der Waals surface area contributed by atoms with E-state index in [1.165, 1.54) is 16.7 Å². The zero-order valence-corrected chi connectivity index (χ0v) is 18.2. The standard InChI is InChI=1S/C25H27NO3.ClH/c1-26-13-12-25-18-9-11-21(27-2)24(25)29-23-20(28-15-16-6-4-3-5-7-16)10-8-17(22(23)25)14-19(18)26;/h3-11,18-19,21,24H,12-15H2,1-2H3;1H/t18-,19+,21-,24-,25-;/m0./s1. The highest BCUT2D eigenvalue weighted by Crippen LogP contribution is 2.62. The molecule has 0 aromatic heterocycles. The molecule has 0 unspecified atom stereocenters. The first-order valence-corrected chi connectivity index (χ1v) is 10.6. The molecule has 2 bridgehead atoms. The zero-order valence-electron chi connectivity index (χ0n) is 17.4. The van der Waals surface area contributed by atoms with Crippen LogP contribution >= 0.6 is 12.4 Å². The summed E-state index contributed by atoms with van der Waals surface area (Å²) in [5, 5.41) is 0. The number of rotatable bonds is 4. The third-order valence-electron chi connectivity index (χ3n) is 7.62. The van der Waals surface area contributed by atoms with Crippen LogP contribution in [0.4, 0.5) is 0 Å². The number of likely N-dealkylation sites (tertiary alicyclic amines) is 1. The van der Waals surface area contributed by atoms with Crippen LogP contribution in [0.15, 0.2) is 54.6 Å². The number of benzene rings is 2. The predicted octanol–water partition coefficient (Wildman–Crippen LogP) is 4.15. The molecule has 0 saturated carbocycles. The quantitative estimate of drug-likeness (QED) is 0.688. The average molecular weight is 426 g/mol. The molecule has 5 heteroatoms. The number of nitrogens with zero attached hydrogens (tertiary/aromatic N) is 1. The zero-order chi connectivity index (χ0) is 19.6. The highest BCUT2D eigenvalue weighted by atomic mass is 35.5. The molecule has 0 amide bonds. The minimum atomic E-state index is -0.0179. The van der Waals surface area contributed by atoms with Crippen molar-refractivity contribution in [2.45, 2.75) is 43.1 Å². The largest absolute Gasteiger partial charge is 0.485 e. The van der Waals surface area contributed by atoms with Crippen molar-refractivity contribution in [3.63, 3.8) is 0 Å². The van der Waals surface area contributed by atoms with Gasteiger partial charge in [-0.25, -0.2) is 0 Å². The van der Waals surface area contributed by atoms with Crippen LogP contribution in [-0.4, -0.2) is 43.9 Å². The summed E-state index contributed by atoms with van der Waals surface area (Å²) in [6.07, 6.45) is 6.81. The first-order chi connectivity index (χ1) is 14.2. The Morgan fingerprint density at radius 2 is 1.97 bits per heavy atom. The first-order valence-electron chi connectivity index (χ1n) is 10.6. The maximum absolute atomic E-state index is 6.72. The van der Waals surface area contributed by atoms with Gasteiger partial charge in [0.05, 0.1) is 0 Å². The molecule has 4 nitrogen and oxygen atoms in total. The Morgan fingerprint density at radius 1 is 1.13 bits per heavy atom. The van der Waals surface area contributed by atoms with Crippen LogP contribution < -0.4 is 9.47 Å². The van der Waals surface area contributed by atoms with Crippen LogP contribution in [0.3, 0.4) is 0 Å². The SMILES string of the molecule is CO[C@H]1C=C[C@H]2[C@H]3Cc4ccc(OCc5ccccc5)c5c4[C@@]2(CCN3C)[C@H]1O5.Cl. The third kappa shape index (κ3) is 2.60. The Hall–Kier alpha value is -2.01. The van der Waals surface area contributed by atoms with E-state index in [1.54, 1.807) is 7.11 Å². The van der Waals surface area contributed by atoms with Crippen LogP contribution in [0.5, 0.6) is 11.5 Å². The van der Waals surface area contributed by atoms with Crippen molar-refractivity contribution in [2.24, 2.45) is 5.92 Å². The van der Waals surface area contributed by atoms with Gasteiger partial charge in [0.2, 0.25) is 0 Å². The van der Waals surface area contributed by atoms with Gasteiger partial charge >= 0.3 is 0 Å². The number of ether oxygens (including phenoxy) is 3. The highest BCUT2D eigenvalue weighted by molar-refractivity contribution is 5.85. The molecule has 1 spiro atoms. The molecule has 0 radical (unpaired) electrons. The summed E-state index contributed by atoms with van der Waals surface area (Å²) in [6.45, 7) is 1.65. The number of hydrogen-bond acceptors (Lipinski definition) is 4. The van der Waals surface area contributed by atoms with Crippen molar-refractivity contribution in [3.05, 3.63) is 71.3 Å². The second-order valence-electron chi connectivity index (χ2n) is 8.89. The van der Waals surface area contributed by atoms with Crippen LogP contribution in [0.25, 0.3) is 0 Å². The normalized spacial score (nSPS) is 32.7. The van der Waals surface area contributed by atoms with E-state index in [1.807, 2.05) is 18.2 Å². The minimum absolute atomic E-state index is 0. The molecular weight excluding hydrogens is 398 g/mol. The van der Waals surface area contributed by atoms with Gasteiger partial charge in [0.25, 0.3) is 0 Å². The van der Waals surface area contributed by atoms with E-state index in [0.717, 1.165) is 30.9 Å². The first kappa shape index (κ1) is 19.9. The summed E-state index contributed by atoms with van der Waals surface area (Å²) in [7, 11) is 4.06. The fraction of sp³-hybridized carbons (Fsp3) is 0.440. The van der Waals surface area contributed by atoms with E-state index in [2.05, 4.69) is 48.4 Å². The predicted molar refractivity (Wildman–Crippen MR) is 119 cm³/mol. The summed E-state index contributed by atoms with van der Waals surface area (Å²) >= 11 is 0. The number of likely N-dealkylation sites (N-methyl/N-ethyl adjacent to an activating group) is 1. The summed E-state index contributed by atoms with van der Waals surface area (Å²) < 4.78 is 18.9. The van der Waals surface area contributed by atoms with Gasteiger partial charge in [-0.3, -0.25) is 0 Å². The topological polar surface area (TPSA) is 30.9 Å². The fourth-order valence-corrected chi connectivity index (χ4v) is 6.26. The van der Waals surface area contributed by atoms with Crippen molar-refractivity contribution in [3.8, 4) is 11.5 Å². The van der Waals surface area contributed by atoms with E-state index in [0.29, 0.717) is 18.6 Å². The van der Waals surface area contributed by atoms with Gasteiger partial charge in [0.1, 0.15) is 18.8 Å². The molecule has 1 saturated heterocycles. The van der Waals surface area contributed by atoms with Crippen molar-refractivity contribution in [1.29, 1.82) is 0 Å². The number of piperidine rings is 1. The van der Waals surface area contributed by atoms with Crippen LogP contribution in [-0.2, 0) is 23.2 Å². The van der Waals surface area contributed by atoms with Crippen molar-refractivity contribution >= 4 is 12.4 Å².